The van der Waals surface area contributed by atoms with Crippen molar-refractivity contribution < 1.29 is 18.0 Å². The summed E-state index contributed by atoms with van der Waals surface area (Å²) in [6, 6.07) is 12.6. The molecule has 0 bridgehead atoms. The molecule has 0 aromatic heterocycles. The van der Waals surface area contributed by atoms with E-state index in [1.54, 1.807) is 47.4 Å². The molecule has 8 nitrogen and oxygen atoms in total. The van der Waals surface area contributed by atoms with Gasteiger partial charge in [0, 0.05) is 23.3 Å². The average Bonchev–Trinajstić information content (AvgIpc) is 3.31. The zero-order chi connectivity index (χ0) is 23.0. The van der Waals surface area contributed by atoms with Crippen molar-refractivity contribution in [2.45, 2.75) is 44.2 Å². The van der Waals surface area contributed by atoms with Crippen LogP contribution >= 0.6 is 0 Å². The van der Waals surface area contributed by atoms with Gasteiger partial charge in [0.2, 0.25) is 15.7 Å². The zero-order valence-electron chi connectivity index (χ0n) is 18.1. The van der Waals surface area contributed by atoms with Crippen molar-refractivity contribution in [3.05, 3.63) is 59.7 Å². The average molecular weight is 453 g/mol. The molecule has 32 heavy (non-hydrogen) atoms. The standard InChI is InChI=1S/C23H24N4O4S/c1-14(2)24-13-20(28)27-15(3)11-17-12-18(9-10-19(17)27)32(30,31)22-21(25-23(29)26-22)16-7-5-4-6-8-16/h4-10,12,14-15,24H,11,13H2,1-3H3. The lowest BCUT2D eigenvalue weighted by molar-refractivity contribution is -0.118. The van der Waals surface area contributed by atoms with E-state index in [1.807, 2.05) is 20.8 Å². The number of aliphatic imine (C=N–C) groups is 2. The molecule has 2 aliphatic heterocycles. The van der Waals surface area contributed by atoms with Gasteiger partial charge in [0.05, 0.1) is 11.4 Å². The highest BCUT2D eigenvalue weighted by atomic mass is 32.2. The Morgan fingerprint density at radius 1 is 1.16 bits per heavy atom. The monoisotopic (exact) mass is 452 g/mol. The Balaban J connectivity index is 1.66. The lowest BCUT2D eigenvalue weighted by Gasteiger charge is -2.23. The number of fused-ring (bicyclic) bond motifs is 1. The van der Waals surface area contributed by atoms with Crippen LogP contribution in [-0.2, 0) is 21.1 Å². The Morgan fingerprint density at radius 2 is 1.88 bits per heavy atom. The Hall–Kier alpha value is -3.17. The largest absolute Gasteiger partial charge is 0.369 e. The fourth-order valence-corrected chi connectivity index (χ4v) is 5.31. The number of rotatable bonds is 5. The van der Waals surface area contributed by atoms with Crippen LogP contribution < -0.4 is 10.2 Å². The van der Waals surface area contributed by atoms with Gasteiger partial charge in [-0.05, 0) is 37.1 Å². The Kier molecular flexibility index (Phi) is 5.79. The number of amides is 3. The summed E-state index contributed by atoms with van der Waals surface area (Å²) in [7, 11) is -4.08. The minimum atomic E-state index is -4.08. The summed E-state index contributed by atoms with van der Waals surface area (Å²) in [5, 5.41) is 2.77. The molecule has 2 aromatic rings. The van der Waals surface area contributed by atoms with Gasteiger partial charge in [-0.3, -0.25) is 4.79 Å². The van der Waals surface area contributed by atoms with E-state index < -0.39 is 15.9 Å². The second kappa shape index (κ2) is 8.40. The van der Waals surface area contributed by atoms with Gasteiger partial charge in [-0.25, -0.2) is 13.2 Å². The van der Waals surface area contributed by atoms with Gasteiger partial charge in [0.25, 0.3) is 0 Å². The first-order valence-corrected chi connectivity index (χ1v) is 11.9. The summed E-state index contributed by atoms with van der Waals surface area (Å²) in [4.78, 5) is 33.9. The molecule has 2 aromatic carbocycles. The highest BCUT2D eigenvalue weighted by Crippen LogP contribution is 2.34. The van der Waals surface area contributed by atoms with E-state index in [9.17, 15) is 18.0 Å². The van der Waals surface area contributed by atoms with Crippen LogP contribution in [0.15, 0.2) is 63.4 Å². The lowest BCUT2D eigenvalue weighted by Crippen LogP contribution is -2.43. The molecular weight excluding hydrogens is 428 g/mol. The maximum absolute atomic E-state index is 13.4. The van der Waals surface area contributed by atoms with Crippen LogP contribution in [-0.4, -0.2) is 49.7 Å². The minimum Gasteiger partial charge on any atom is -0.308 e. The van der Waals surface area contributed by atoms with E-state index in [2.05, 4.69) is 15.3 Å². The number of anilines is 1. The molecule has 0 saturated carbocycles. The van der Waals surface area contributed by atoms with Crippen LogP contribution in [0.1, 0.15) is 31.9 Å². The first-order valence-electron chi connectivity index (χ1n) is 10.4. The topological polar surface area (TPSA) is 108 Å². The van der Waals surface area contributed by atoms with Crippen LogP contribution in [0.2, 0.25) is 0 Å². The van der Waals surface area contributed by atoms with Crippen molar-refractivity contribution in [3.63, 3.8) is 0 Å². The smallest absolute Gasteiger partial charge is 0.308 e. The molecule has 1 atom stereocenters. The molecule has 1 unspecified atom stereocenters. The number of hydrogen-bond acceptors (Lipinski definition) is 5. The second-order valence-corrected chi connectivity index (χ2v) is 10.0. The highest BCUT2D eigenvalue weighted by Gasteiger charge is 2.36. The van der Waals surface area contributed by atoms with E-state index in [4.69, 9.17) is 0 Å². The third-order valence-electron chi connectivity index (χ3n) is 5.42. The Morgan fingerprint density at radius 3 is 2.56 bits per heavy atom. The number of benzene rings is 2. The molecule has 0 saturated heterocycles. The van der Waals surface area contributed by atoms with Crippen LogP contribution in [0.3, 0.4) is 0 Å². The molecule has 4 rings (SSSR count). The van der Waals surface area contributed by atoms with E-state index in [1.165, 1.54) is 6.07 Å². The number of carbonyl (C=O) groups is 2. The van der Waals surface area contributed by atoms with Gasteiger partial charge in [-0.15, -0.1) is 0 Å². The number of sulfone groups is 1. The quantitative estimate of drug-likeness (QED) is 0.750. The summed E-state index contributed by atoms with van der Waals surface area (Å²) in [5.74, 6) is -0.0650. The number of urea groups is 1. The van der Waals surface area contributed by atoms with Crippen LogP contribution in [0.5, 0.6) is 0 Å². The molecule has 2 heterocycles. The molecule has 9 heteroatoms. The van der Waals surface area contributed by atoms with Crippen LogP contribution in [0.25, 0.3) is 0 Å². The Labute approximate surface area is 187 Å². The normalized spacial score (nSPS) is 18.1. The van der Waals surface area contributed by atoms with E-state index in [0.717, 1.165) is 5.56 Å². The summed E-state index contributed by atoms with van der Waals surface area (Å²) >= 11 is 0. The van der Waals surface area contributed by atoms with Gasteiger partial charge in [-0.1, -0.05) is 44.2 Å². The number of nitrogens with one attached hydrogen (secondary N) is 1. The SMILES string of the molecule is CC(C)NCC(=O)N1c2ccc(S(=O)(=O)C3=NC(=O)N=C3c3ccccc3)cc2CC1C. The number of hydrogen-bond donors (Lipinski definition) is 1. The van der Waals surface area contributed by atoms with Crippen molar-refractivity contribution >= 4 is 38.2 Å². The summed E-state index contributed by atoms with van der Waals surface area (Å²) in [6.45, 7) is 6.07. The lowest BCUT2D eigenvalue weighted by atomic mass is 10.1. The molecular formula is C23H24N4O4S. The molecule has 0 fully saturated rings. The van der Waals surface area contributed by atoms with Crippen molar-refractivity contribution in [1.82, 2.24) is 5.32 Å². The molecule has 0 radical (unpaired) electrons. The van der Waals surface area contributed by atoms with Gasteiger partial charge in [0.15, 0.2) is 5.04 Å². The first kappa shape index (κ1) is 22.0. The third kappa shape index (κ3) is 4.01. The minimum absolute atomic E-state index is 0.0233. The Bertz CT molecular complexity index is 1250. The molecule has 166 valence electrons. The predicted molar refractivity (Wildman–Crippen MR) is 123 cm³/mol. The maximum Gasteiger partial charge on any atom is 0.369 e. The zero-order valence-corrected chi connectivity index (χ0v) is 18.9. The third-order valence-corrected chi connectivity index (χ3v) is 7.08. The van der Waals surface area contributed by atoms with E-state index in [-0.39, 0.29) is 40.2 Å². The molecule has 1 N–H and O–H groups in total. The first-order chi connectivity index (χ1) is 15.2. The van der Waals surface area contributed by atoms with Crippen LogP contribution in [0.4, 0.5) is 10.5 Å². The predicted octanol–water partition coefficient (Wildman–Crippen LogP) is 2.76. The maximum atomic E-state index is 13.4. The van der Waals surface area contributed by atoms with Crippen molar-refractivity contribution in [2.24, 2.45) is 9.98 Å². The number of carbonyl (C=O) groups excluding carboxylic acids is 2. The van der Waals surface area contributed by atoms with Gasteiger partial charge in [-0.2, -0.15) is 9.98 Å². The summed E-state index contributed by atoms with van der Waals surface area (Å²) < 4.78 is 26.8. The van der Waals surface area contributed by atoms with Gasteiger partial charge in [0.1, 0.15) is 5.71 Å². The highest BCUT2D eigenvalue weighted by molar-refractivity contribution is 8.08. The van der Waals surface area contributed by atoms with E-state index >= 15 is 0 Å². The molecule has 2 aliphatic rings. The fourth-order valence-electron chi connectivity index (χ4n) is 3.92. The number of nitrogens with zero attached hydrogens (tertiary/aromatic N) is 3. The van der Waals surface area contributed by atoms with Crippen LogP contribution in [0, 0.1) is 0 Å². The second-order valence-electron chi connectivity index (χ2n) is 8.17. The van der Waals surface area contributed by atoms with Gasteiger partial charge >= 0.3 is 6.03 Å². The van der Waals surface area contributed by atoms with Crippen molar-refractivity contribution in [3.8, 4) is 0 Å². The van der Waals surface area contributed by atoms with E-state index in [0.29, 0.717) is 17.7 Å². The van der Waals surface area contributed by atoms with Crippen molar-refractivity contribution in [2.75, 3.05) is 11.4 Å². The molecule has 0 aliphatic carbocycles. The molecule has 0 spiro atoms. The summed E-state index contributed by atoms with van der Waals surface area (Å²) in [5.41, 5.74) is 2.01. The summed E-state index contributed by atoms with van der Waals surface area (Å²) in [6.07, 6.45) is 0.539. The van der Waals surface area contributed by atoms with Crippen molar-refractivity contribution in [1.29, 1.82) is 0 Å². The fraction of sp³-hybridized carbons (Fsp3) is 0.304. The molecule has 3 amide bonds. The van der Waals surface area contributed by atoms with Gasteiger partial charge < -0.3 is 10.2 Å².